The van der Waals surface area contributed by atoms with Crippen molar-refractivity contribution in [1.82, 2.24) is 5.32 Å². The highest BCUT2D eigenvalue weighted by Crippen LogP contribution is 2.39. The molecule has 0 radical (unpaired) electrons. The highest BCUT2D eigenvalue weighted by Gasteiger charge is 2.22. The maximum Gasteiger partial charge on any atom is 0.123 e. The second-order valence-corrected chi connectivity index (χ2v) is 6.52. The minimum absolute atomic E-state index is 0.361. The topological polar surface area (TPSA) is 21.3 Å². The van der Waals surface area contributed by atoms with Crippen molar-refractivity contribution in [3.05, 3.63) is 28.8 Å². The zero-order valence-electron chi connectivity index (χ0n) is 12.0. The lowest BCUT2D eigenvalue weighted by Crippen LogP contribution is -2.34. The molecule has 2 aliphatic rings. The van der Waals surface area contributed by atoms with Crippen LogP contribution in [0.15, 0.2) is 18.2 Å². The van der Waals surface area contributed by atoms with Gasteiger partial charge in [-0.25, -0.2) is 0 Å². The molecule has 0 spiro atoms. The molecule has 110 valence electrons. The average molecular weight is 294 g/mol. The van der Waals surface area contributed by atoms with Gasteiger partial charge >= 0.3 is 0 Å². The Morgan fingerprint density at radius 3 is 2.50 bits per heavy atom. The molecule has 3 heteroatoms. The van der Waals surface area contributed by atoms with Crippen LogP contribution in [0.3, 0.4) is 0 Å². The van der Waals surface area contributed by atoms with E-state index >= 15 is 0 Å². The van der Waals surface area contributed by atoms with Gasteiger partial charge in [-0.3, -0.25) is 0 Å². The van der Waals surface area contributed by atoms with Crippen molar-refractivity contribution in [2.45, 2.75) is 57.0 Å². The van der Waals surface area contributed by atoms with Gasteiger partial charge < -0.3 is 10.1 Å². The van der Waals surface area contributed by atoms with Gasteiger partial charge in [0.25, 0.3) is 0 Å². The molecule has 2 fully saturated rings. The average Bonchev–Trinajstić information content (AvgIpc) is 2.51. The number of benzene rings is 1. The molecule has 0 bridgehead atoms. The Labute approximate surface area is 126 Å². The molecule has 1 N–H and O–H groups in total. The predicted octanol–water partition coefficient (Wildman–Crippen LogP) is 4.52. The Kier molecular flexibility index (Phi) is 4.85. The van der Waals surface area contributed by atoms with Crippen molar-refractivity contribution < 1.29 is 4.74 Å². The smallest absolute Gasteiger partial charge is 0.123 e. The molecule has 20 heavy (non-hydrogen) atoms. The van der Waals surface area contributed by atoms with Crippen molar-refractivity contribution in [2.24, 2.45) is 0 Å². The minimum atomic E-state index is 0.361. The molecular formula is C17H24ClNO. The Morgan fingerprint density at radius 1 is 1.00 bits per heavy atom. The molecule has 3 rings (SSSR count). The zero-order chi connectivity index (χ0) is 13.8. The molecule has 0 atom stereocenters. The molecule has 0 amide bonds. The van der Waals surface area contributed by atoms with Gasteiger partial charge in [0.05, 0.1) is 0 Å². The fraction of sp³-hybridized carbons (Fsp3) is 0.647. The van der Waals surface area contributed by atoms with Gasteiger partial charge in [0.1, 0.15) is 11.9 Å². The van der Waals surface area contributed by atoms with Crippen molar-refractivity contribution in [3.63, 3.8) is 0 Å². The van der Waals surface area contributed by atoms with Gasteiger partial charge in [-0.1, -0.05) is 30.9 Å². The first-order valence-electron chi connectivity index (χ1n) is 8.00. The molecule has 1 aliphatic carbocycles. The van der Waals surface area contributed by atoms with E-state index in [2.05, 4.69) is 17.4 Å². The van der Waals surface area contributed by atoms with Crippen LogP contribution in [0.1, 0.15) is 56.4 Å². The summed E-state index contributed by atoms with van der Waals surface area (Å²) in [5.74, 6) is 1.72. The van der Waals surface area contributed by atoms with E-state index in [-0.39, 0.29) is 0 Å². The number of hydrogen-bond acceptors (Lipinski definition) is 2. The van der Waals surface area contributed by atoms with Crippen LogP contribution in [0.4, 0.5) is 0 Å². The minimum Gasteiger partial charge on any atom is -0.490 e. The number of ether oxygens (including phenoxy) is 1. The van der Waals surface area contributed by atoms with Gasteiger partial charge in [0, 0.05) is 5.02 Å². The van der Waals surface area contributed by atoms with E-state index in [1.54, 1.807) is 0 Å². The third-order valence-electron chi connectivity index (χ3n) is 4.60. The Morgan fingerprint density at radius 2 is 1.75 bits per heavy atom. The summed E-state index contributed by atoms with van der Waals surface area (Å²) in [6.07, 6.45) is 9.18. The molecule has 1 aliphatic heterocycles. The van der Waals surface area contributed by atoms with E-state index in [0.29, 0.717) is 12.0 Å². The Balaban J connectivity index is 1.77. The summed E-state index contributed by atoms with van der Waals surface area (Å²) in [5, 5.41) is 4.22. The Bertz CT molecular complexity index is 437. The van der Waals surface area contributed by atoms with Crippen LogP contribution in [0.25, 0.3) is 0 Å². The van der Waals surface area contributed by atoms with Crippen molar-refractivity contribution >= 4 is 11.6 Å². The molecule has 1 aromatic rings. The number of hydrogen-bond donors (Lipinski definition) is 1. The second-order valence-electron chi connectivity index (χ2n) is 6.08. The maximum absolute atomic E-state index is 6.30. The lowest BCUT2D eigenvalue weighted by Gasteiger charge is -2.28. The third-order valence-corrected chi connectivity index (χ3v) is 4.83. The molecule has 1 heterocycles. The molecular weight excluding hydrogens is 270 g/mol. The molecule has 2 nitrogen and oxygen atoms in total. The molecule has 1 saturated heterocycles. The van der Waals surface area contributed by atoms with Crippen LogP contribution in [0, 0.1) is 0 Å². The fourth-order valence-corrected chi connectivity index (χ4v) is 3.63. The van der Waals surface area contributed by atoms with E-state index in [1.165, 1.54) is 37.7 Å². The van der Waals surface area contributed by atoms with E-state index in [4.69, 9.17) is 16.3 Å². The maximum atomic E-state index is 6.30. The van der Waals surface area contributed by atoms with Crippen LogP contribution >= 0.6 is 11.6 Å². The van der Waals surface area contributed by atoms with E-state index in [9.17, 15) is 0 Å². The quantitative estimate of drug-likeness (QED) is 0.885. The van der Waals surface area contributed by atoms with Gasteiger partial charge in [0.2, 0.25) is 0 Å². The first kappa shape index (κ1) is 14.2. The van der Waals surface area contributed by atoms with E-state index in [0.717, 1.165) is 36.7 Å². The third kappa shape index (κ3) is 3.48. The van der Waals surface area contributed by atoms with Crippen LogP contribution < -0.4 is 10.1 Å². The summed E-state index contributed by atoms with van der Waals surface area (Å²) in [7, 11) is 0. The largest absolute Gasteiger partial charge is 0.490 e. The van der Waals surface area contributed by atoms with Crippen LogP contribution in [-0.4, -0.2) is 19.2 Å². The molecule has 1 saturated carbocycles. The van der Waals surface area contributed by atoms with Crippen molar-refractivity contribution in [2.75, 3.05) is 13.1 Å². The lowest BCUT2D eigenvalue weighted by atomic mass is 9.83. The van der Waals surface area contributed by atoms with Crippen LogP contribution in [-0.2, 0) is 0 Å². The predicted molar refractivity (Wildman–Crippen MR) is 83.8 cm³/mol. The summed E-state index contributed by atoms with van der Waals surface area (Å²) in [6.45, 7) is 2.13. The second kappa shape index (κ2) is 6.82. The van der Waals surface area contributed by atoms with Gasteiger partial charge in [-0.2, -0.15) is 0 Å². The first-order valence-corrected chi connectivity index (χ1v) is 8.37. The summed E-state index contributed by atoms with van der Waals surface area (Å²) in [4.78, 5) is 0. The van der Waals surface area contributed by atoms with E-state index < -0.39 is 0 Å². The molecule has 0 unspecified atom stereocenters. The van der Waals surface area contributed by atoms with Crippen LogP contribution in [0.2, 0.25) is 5.02 Å². The van der Waals surface area contributed by atoms with E-state index in [1.807, 2.05) is 6.07 Å². The van der Waals surface area contributed by atoms with Crippen molar-refractivity contribution in [3.8, 4) is 5.75 Å². The number of rotatable bonds is 3. The normalized spacial score (nSPS) is 21.9. The van der Waals surface area contributed by atoms with Gasteiger partial charge in [0.15, 0.2) is 0 Å². The zero-order valence-corrected chi connectivity index (χ0v) is 12.8. The standard InChI is InChI=1S/C17H24ClNO/c18-14-6-7-17(20-15-8-10-19-11-9-15)16(12-14)13-4-2-1-3-5-13/h6-7,12-13,15,19H,1-5,8-11H2. The monoisotopic (exact) mass is 293 g/mol. The number of nitrogens with one attached hydrogen (secondary N) is 1. The molecule has 1 aromatic carbocycles. The Hall–Kier alpha value is -0.730. The number of piperidine rings is 1. The highest BCUT2D eigenvalue weighted by molar-refractivity contribution is 6.30. The summed E-state index contributed by atoms with van der Waals surface area (Å²) in [5.41, 5.74) is 1.34. The summed E-state index contributed by atoms with van der Waals surface area (Å²) >= 11 is 6.21. The van der Waals surface area contributed by atoms with Crippen molar-refractivity contribution in [1.29, 1.82) is 0 Å². The molecule has 0 aromatic heterocycles. The van der Waals surface area contributed by atoms with Crippen LogP contribution in [0.5, 0.6) is 5.75 Å². The summed E-state index contributed by atoms with van der Waals surface area (Å²) < 4.78 is 6.30. The van der Waals surface area contributed by atoms with Gasteiger partial charge in [-0.05, 0) is 68.5 Å². The fourth-order valence-electron chi connectivity index (χ4n) is 3.45. The lowest BCUT2D eigenvalue weighted by molar-refractivity contribution is 0.159. The first-order chi connectivity index (χ1) is 9.83. The van der Waals surface area contributed by atoms with Gasteiger partial charge in [-0.15, -0.1) is 0 Å². The summed E-state index contributed by atoms with van der Waals surface area (Å²) in [6, 6.07) is 6.17. The number of halogens is 1. The highest BCUT2D eigenvalue weighted by atomic mass is 35.5. The SMILES string of the molecule is Clc1ccc(OC2CCNCC2)c(C2CCCCC2)c1.